The van der Waals surface area contributed by atoms with Gasteiger partial charge in [-0.15, -0.1) is 0 Å². The van der Waals surface area contributed by atoms with Crippen molar-refractivity contribution in [3.05, 3.63) is 11.3 Å². The summed E-state index contributed by atoms with van der Waals surface area (Å²) in [6, 6.07) is 0. The number of nitrogens with two attached hydrogens (primary N) is 1. The molecule has 1 aliphatic heterocycles. The van der Waals surface area contributed by atoms with Crippen molar-refractivity contribution < 1.29 is 13.2 Å². The molecule has 0 radical (unpaired) electrons. The van der Waals surface area contributed by atoms with Gasteiger partial charge in [-0.3, -0.25) is 0 Å². The second kappa shape index (κ2) is 2.44. The molecule has 62 valence electrons. The average molecular weight is 165 g/mol. The lowest BCUT2D eigenvalue weighted by Crippen LogP contribution is -2.30. The first-order valence-corrected chi connectivity index (χ1v) is 2.83. The summed E-state index contributed by atoms with van der Waals surface area (Å²) in [4.78, 5) is 0. The molecule has 0 aromatic rings. The van der Waals surface area contributed by atoms with E-state index in [1.165, 1.54) is 0 Å². The molecule has 1 aliphatic rings. The van der Waals surface area contributed by atoms with Crippen LogP contribution in [-0.4, -0.2) is 18.9 Å². The molecule has 3 nitrogen and oxygen atoms in total. The first-order chi connectivity index (χ1) is 5.02. The minimum atomic E-state index is -4.36. The zero-order valence-electron chi connectivity index (χ0n) is 5.44. The van der Waals surface area contributed by atoms with Crippen LogP contribution in [0.4, 0.5) is 13.2 Å². The number of allylic oxidation sites excluding steroid dienone is 1. The highest BCUT2D eigenvalue weighted by Crippen LogP contribution is 2.26. The minimum Gasteiger partial charge on any atom is -0.397 e. The molecule has 0 unspecified atom stereocenters. The van der Waals surface area contributed by atoms with Crippen LogP contribution in [0.5, 0.6) is 0 Å². The van der Waals surface area contributed by atoms with Gasteiger partial charge in [-0.05, 0) is 0 Å². The maximum Gasteiger partial charge on any atom is 0.416 e. The Labute approximate surface area is 60.8 Å². The zero-order chi connectivity index (χ0) is 8.48. The molecule has 1 rings (SSSR count). The highest BCUT2D eigenvalue weighted by atomic mass is 19.4. The van der Waals surface area contributed by atoms with Crippen molar-refractivity contribution in [3.63, 3.8) is 0 Å². The molecule has 6 heteroatoms. The van der Waals surface area contributed by atoms with Crippen LogP contribution in [0.15, 0.2) is 16.4 Å². The van der Waals surface area contributed by atoms with Crippen LogP contribution in [0.2, 0.25) is 0 Å². The Balaban J connectivity index is 2.93. The molecule has 0 bridgehead atoms. The average Bonchev–Trinajstić information content (AvgIpc) is 1.86. The van der Waals surface area contributed by atoms with Crippen LogP contribution in [0.1, 0.15) is 0 Å². The number of hydrogen-bond acceptors (Lipinski definition) is 3. The number of alkyl halides is 3. The Kier molecular flexibility index (Phi) is 1.76. The molecule has 0 saturated carbocycles. The number of nitrogens with one attached hydrogen (secondary N) is 1. The van der Waals surface area contributed by atoms with Crippen LogP contribution < -0.4 is 11.2 Å². The SMILES string of the molecule is NC1=C(C(F)(F)F)CNN=C1. The molecule has 0 aromatic carbocycles. The van der Waals surface area contributed by atoms with Gasteiger partial charge in [0.05, 0.1) is 24.0 Å². The number of rotatable bonds is 0. The monoisotopic (exact) mass is 165 g/mol. The Morgan fingerprint density at radius 2 is 2.18 bits per heavy atom. The Hall–Kier alpha value is -1.20. The van der Waals surface area contributed by atoms with Gasteiger partial charge in [-0.1, -0.05) is 0 Å². The number of hydrazone groups is 1. The quantitative estimate of drug-likeness (QED) is 0.544. The summed E-state index contributed by atoms with van der Waals surface area (Å²) in [7, 11) is 0. The normalized spacial score (nSPS) is 18.5. The standard InChI is InChI=1S/C5H6F3N3/c6-5(7,8)3-1-10-11-2-4(3)9/h2,10H,1,9H2. The maximum atomic E-state index is 12.0. The lowest BCUT2D eigenvalue weighted by atomic mass is 10.2. The summed E-state index contributed by atoms with van der Waals surface area (Å²) in [6.07, 6.45) is -3.41. The Morgan fingerprint density at radius 1 is 1.55 bits per heavy atom. The first kappa shape index (κ1) is 7.90. The van der Waals surface area contributed by atoms with Gasteiger partial charge in [0.25, 0.3) is 0 Å². The largest absolute Gasteiger partial charge is 0.416 e. The van der Waals surface area contributed by atoms with Crippen molar-refractivity contribution in [1.82, 2.24) is 5.43 Å². The molecule has 0 amide bonds. The van der Waals surface area contributed by atoms with Crippen LogP contribution in [-0.2, 0) is 0 Å². The maximum absolute atomic E-state index is 12.0. The summed E-state index contributed by atoms with van der Waals surface area (Å²) in [5, 5.41) is 3.36. The van der Waals surface area contributed by atoms with Gasteiger partial charge in [0.15, 0.2) is 0 Å². The number of hydrogen-bond donors (Lipinski definition) is 2. The fourth-order valence-electron chi connectivity index (χ4n) is 0.684. The first-order valence-electron chi connectivity index (χ1n) is 2.83. The molecule has 0 aromatic heterocycles. The molecule has 0 spiro atoms. The summed E-state index contributed by atoms with van der Waals surface area (Å²) >= 11 is 0. The van der Waals surface area contributed by atoms with Crippen molar-refractivity contribution in [2.75, 3.05) is 6.54 Å². The zero-order valence-corrected chi connectivity index (χ0v) is 5.44. The van der Waals surface area contributed by atoms with E-state index in [1.807, 2.05) is 0 Å². The summed E-state index contributed by atoms with van der Waals surface area (Å²) in [6.45, 7) is -0.355. The van der Waals surface area contributed by atoms with Crippen LogP contribution in [0, 0.1) is 0 Å². The molecule has 0 fully saturated rings. The van der Waals surface area contributed by atoms with Gasteiger partial charge in [0.1, 0.15) is 0 Å². The van der Waals surface area contributed by atoms with E-state index in [-0.39, 0.29) is 12.2 Å². The van der Waals surface area contributed by atoms with E-state index in [0.29, 0.717) is 0 Å². The minimum absolute atomic E-state index is 0.323. The summed E-state index contributed by atoms with van der Waals surface area (Å²) in [5.74, 6) is 0. The highest BCUT2D eigenvalue weighted by Gasteiger charge is 2.36. The molecular formula is C5H6F3N3. The molecule has 0 atom stereocenters. The van der Waals surface area contributed by atoms with E-state index in [4.69, 9.17) is 5.73 Å². The summed E-state index contributed by atoms with van der Waals surface area (Å²) < 4.78 is 35.9. The molecule has 11 heavy (non-hydrogen) atoms. The molecule has 0 aliphatic carbocycles. The molecular weight excluding hydrogens is 159 g/mol. The van der Waals surface area contributed by atoms with E-state index < -0.39 is 11.7 Å². The smallest absolute Gasteiger partial charge is 0.397 e. The van der Waals surface area contributed by atoms with Crippen LogP contribution in [0.3, 0.4) is 0 Å². The highest BCUT2D eigenvalue weighted by molar-refractivity contribution is 5.79. The van der Waals surface area contributed by atoms with Crippen LogP contribution >= 0.6 is 0 Å². The molecule has 3 N–H and O–H groups in total. The number of halogens is 3. The van der Waals surface area contributed by atoms with E-state index in [0.717, 1.165) is 6.21 Å². The number of nitrogens with zero attached hydrogens (tertiary/aromatic N) is 1. The van der Waals surface area contributed by atoms with Gasteiger partial charge in [0.2, 0.25) is 0 Å². The van der Waals surface area contributed by atoms with Gasteiger partial charge >= 0.3 is 6.18 Å². The van der Waals surface area contributed by atoms with Crippen molar-refractivity contribution in [2.24, 2.45) is 10.8 Å². The van der Waals surface area contributed by atoms with Gasteiger partial charge in [-0.2, -0.15) is 18.3 Å². The topological polar surface area (TPSA) is 50.4 Å². The second-order valence-electron chi connectivity index (χ2n) is 2.02. The van der Waals surface area contributed by atoms with E-state index >= 15 is 0 Å². The fraction of sp³-hybridized carbons (Fsp3) is 0.400. The van der Waals surface area contributed by atoms with Crippen molar-refractivity contribution in [1.29, 1.82) is 0 Å². The van der Waals surface area contributed by atoms with E-state index in [2.05, 4.69) is 10.5 Å². The lowest BCUT2D eigenvalue weighted by molar-refractivity contribution is -0.0936. The molecule has 0 saturated heterocycles. The van der Waals surface area contributed by atoms with Crippen molar-refractivity contribution in [3.8, 4) is 0 Å². The van der Waals surface area contributed by atoms with Crippen molar-refractivity contribution in [2.45, 2.75) is 6.18 Å². The Morgan fingerprint density at radius 3 is 2.55 bits per heavy atom. The van der Waals surface area contributed by atoms with E-state index in [1.54, 1.807) is 0 Å². The Bertz CT molecular complexity index is 216. The van der Waals surface area contributed by atoms with E-state index in [9.17, 15) is 13.2 Å². The third-order valence-electron chi connectivity index (χ3n) is 1.24. The predicted molar refractivity (Wildman–Crippen MR) is 33.8 cm³/mol. The summed E-state index contributed by atoms with van der Waals surface area (Å²) in [5.41, 5.74) is 6.13. The second-order valence-corrected chi connectivity index (χ2v) is 2.02. The van der Waals surface area contributed by atoms with Crippen LogP contribution in [0.25, 0.3) is 0 Å². The third kappa shape index (κ3) is 1.63. The third-order valence-corrected chi connectivity index (χ3v) is 1.24. The lowest BCUT2D eigenvalue weighted by Gasteiger charge is -2.15. The van der Waals surface area contributed by atoms with Crippen molar-refractivity contribution >= 4 is 6.21 Å². The van der Waals surface area contributed by atoms with Gasteiger partial charge in [0, 0.05) is 0 Å². The molecule has 1 heterocycles. The van der Waals surface area contributed by atoms with Gasteiger partial charge in [-0.25, -0.2) is 0 Å². The fourth-order valence-corrected chi connectivity index (χ4v) is 0.684. The predicted octanol–water partition coefficient (Wildman–Crippen LogP) is 0.351. The van der Waals surface area contributed by atoms with Gasteiger partial charge < -0.3 is 11.2 Å².